The van der Waals surface area contributed by atoms with Crippen LogP contribution >= 0.6 is 15.9 Å². The zero-order chi connectivity index (χ0) is 16.6. The van der Waals surface area contributed by atoms with Gasteiger partial charge in [-0.3, -0.25) is 19.7 Å². The second kappa shape index (κ2) is 6.11. The molecule has 23 heavy (non-hydrogen) atoms. The number of hydrazine groups is 1. The zero-order valence-electron chi connectivity index (χ0n) is 12.2. The van der Waals surface area contributed by atoms with Crippen molar-refractivity contribution >= 4 is 39.7 Å². The van der Waals surface area contributed by atoms with Gasteiger partial charge in [-0.2, -0.15) is 5.01 Å². The largest absolute Gasteiger partial charge is 0.343 e. The first-order valence-corrected chi connectivity index (χ1v) is 8.34. The van der Waals surface area contributed by atoms with Crippen LogP contribution in [0.3, 0.4) is 0 Å². The van der Waals surface area contributed by atoms with E-state index in [-0.39, 0.29) is 18.5 Å². The Morgan fingerprint density at radius 1 is 1.09 bits per heavy atom. The minimum absolute atomic E-state index is 0.00653. The fourth-order valence-corrected chi connectivity index (χ4v) is 2.95. The highest BCUT2D eigenvalue weighted by Gasteiger charge is 2.43. The molecule has 1 aromatic rings. The average Bonchev–Trinajstić information content (AvgIpc) is 2.77. The van der Waals surface area contributed by atoms with Crippen LogP contribution in [0.4, 0.5) is 4.79 Å². The van der Waals surface area contributed by atoms with Crippen molar-refractivity contribution in [2.45, 2.75) is 19.3 Å². The lowest BCUT2D eigenvalue weighted by Crippen LogP contribution is -2.58. The van der Waals surface area contributed by atoms with E-state index in [1.54, 1.807) is 12.1 Å². The Morgan fingerprint density at radius 3 is 2.52 bits per heavy atom. The summed E-state index contributed by atoms with van der Waals surface area (Å²) in [5, 5.41) is 4.77. The van der Waals surface area contributed by atoms with Crippen LogP contribution in [0, 0.1) is 0 Å². The maximum atomic E-state index is 12.5. The number of hydrogen-bond acceptors (Lipinski definition) is 4. The number of benzene rings is 1. The number of imide groups is 2. The van der Waals surface area contributed by atoms with Crippen LogP contribution < -0.4 is 5.32 Å². The van der Waals surface area contributed by atoms with Gasteiger partial charge in [-0.05, 0) is 30.5 Å². The molecule has 1 fully saturated rings. The number of nitrogens with zero attached hydrogens (tertiary/aromatic N) is 2. The maximum absolute atomic E-state index is 12.5. The van der Waals surface area contributed by atoms with E-state index >= 15 is 0 Å². The highest BCUT2D eigenvalue weighted by Crippen LogP contribution is 2.26. The number of fused-ring (bicyclic) bond motifs is 1. The van der Waals surface area contributed by atoms with E-state index in [1.165, 1.54) is 0 Å². The highest BCUT2D eigenvalue weighted by molar-refractivity contribution is 9.09. The quantitative estimate of drug-likeness (QED) is 0.633. The molecule has 0 bridgehead atoms. The Kier molecular flexibility index (Phi) is 4.16. The monoisotopic (exact) mass is 379 g/mol. The van der Waals surface area contributed by atoms with E-state index in [4.69, 9.17) is 0 Å². The van der Waals surface area contributed by atoms with Gasteiger partial charge in [0, 0.05) is 11.8 Å². The highest BCUT2D eigenvalue weighted by atomic mass is 79.9. The van der Waals surface area contributed by atoms with Gasteiger partial charge in [0.05, 0.1) is 17.7 Å². The van der Waals surface area contributed by atoms with Gasteiger partial charge in [-0.15, -0.1) is 0 Å². The molecule has 0 unspecified atom stereocenters. The lowest BCUT2D eigenvalue weighted by molar-refractivity contribution is -0.122. The van der Waals surface area contributed by atoms with Crippen LogP contribution in [0.25, 0.3) is 0 Å². The second-order valence-corrected chi connectivity index (χ2v) is 6.11. The van der Waals surface area contributed by atoms with E-state index in [1.807, 2.05) is 6.07 Å². The Bertz CT molecular complexity index is 719. The Morgan fingerprint density at radius 2 is 1.83 bits per heavy atom. The molecule has 7 nitrogen and oxygen atoms in total. The van der Waals surface area contributed by atoms with Gasteiger partial charge in [0.1, 0.15) is 0 Å². The van der Waals surface area contributed by atoms with E-state index in [9.17, 15) is 19.2 Å². The molecule has 120 valence electrons. The lowest BCUT2D eigenvalue weighted by Gasteiger charge is -2.32. The van der Waals surface area contributed by atoms with Crippen molar-refractivity contribution in [1.82, 2.24) is 15.3 Å². The van der Waals surface area contributed by atoms with Gasteiger partial charge in [-0.1, -0.05) is 22.0 Å². The Hall–Kier alpha value is -2.22. The molecule has 3 rings (SSSR count). The fourth-order valence-electron chi connectivity index (χ4n) is 2.67. The van der Waals surface area contributed by atoms with E-state index in [2.05, 4.69) is 21.2 Å². The van der Waals surface area contributed by atoms with Crippen molar-refractivity contribution in [1.29, 1.82) is 0 Å². The molecule has 1 saturated heterocycles. The number of hydrogen-bond donors (Lipinski definition) is 1. The van der Waals surface area contributed by atoms with Gasteiger partial charge < -0.3 is 0 Å². The molecule has 2 aliphatic heterocycles. The number of nitrogens with one attached hydrogen (secondary N) is 1. The van der Waals surface area contributed by atoms with Gasteiger partial charge in [0.15, 0.2) is 0 Å². The van der Waals surface area contributed by atoms with Gasteiger partial charge >= 0.3 is 6.03 Å². The summed E-state index contributed by atoms with van der Waals surface area (Å²) >= 11 is 3.36. The van der Waals surface area contributed by atoms with Crippen molar-refractivity contribution in [3.05, 3.63) is 34.9 Å². The summed E-state index contributed by atoms with van der Waals surface area (Å²) in [5.74, 6) is -1.49. The summed E-state index contributed by atoms with van der Waals surface area (Å²) in [6.45, 7) is 0.00653. The number of urea groups is 1. The van der Waals surface area contributed by atoms with Gasteiger partial charge in [0.2, 0.25) is 5.91 Å². The molecule has 1 N–H and O–H groups in total. The molecule has 0 radical (unpaired) electrons. The fraction of sp³-hybridized carbons (Fsp3) is 0.333. The molecule has 0 atom stereocenters. The number of halogens is 1. The molecule has 1 aromatic carbocycles. The molecule has 5 amide bonds. The summed E-state index contributed by atoms with van der Waals surface area (Å²) < 4.78 is 0. The first kappa shape index (κ1) is 15.7. The van der Waals surface area contributed by atoms with Crippen molar-refractivity contribution in [3.63, 3.8) is 0 Å². The predicted octanol–water partition coefficient (Wildman–Crippen LogP) is 1.47. The number of rotatable bonds is 4. The molecule has 0 aliphatic carbocycles. The third-order valence-electron chi connectivity index (χ3n) is 3.80. The number of amides is 5. The zero-order valence-corrected chi connectivity index (χ0v) is 13.8. The molecule has 2 aliphatic rings. The molecule has 8 heteroatoms. The maximum Gasteiger partial charge on any atom is 0.343 e. The van der Waals surface area contributed by atoms with Crippen LogP contribution in [0.2, 0.25) is 0 Å². The minimum atomic E-state index is -0.754. The molecular weight excluding hydrogens is 366 g/mol. The lowest BCUT2D eigenvalue weighted by atomic mass is 10.0. The normalized spacial score (nSPS) is 17.6. The third-order valence-corrected chi connectivity index (χ3v) is 4.36. The number of carbonyl (C=O) groups is 4. The third kappa shape index (κ3) is 2.74. The standard InChI is InChI=1S/C15H14BrN3O4/c16-6-1-2-9-3-4-10-11(8-9)14(22)19(13(10)21)18-7-5-12(20)17-15(18)23/h3-4,8H,1-2,5-7H2,(H,17,20,23). The predicted molar refractivity (Wildman–Crippen MR) is 83.9 cm³/mol. The van der Waals surface area contributed by atoms with Gasteiger partial charge in [-0.25, -0.2) is 9.80 Å². The minimum Gasteiger partial charge on any atom is -0.276 e. The topological polar surface area (TPSA) is 86.8 Å². The van der Waals surface area contributed by atoms with Crippen LogP contribution in [-0.4, -0.2) is 45.6 Å². The number of carbonyl (C=O) groups excluding carboxylic acids is 4. The van der Waals surface area contributed by atoms with E-state index in [0.717, 1.165) is 33.8 Å². The average molecular weight is 380 g/mol. The molecule has 0 spiro atoms. The van der Waals surface area contributed by atoms with E-state index < -0.39 is 23.8 Å². The van der Waals surface area contributed by atoms with E-state index in [0.29, 0.717) is 5.56 Å². The van der Waals surface area contributed by atoms with Gasteiger partial charge in [0.25, 0.3) is 11.8 Å². The van der Waals surface area contributed by atoms with Crippen molar-refractivity contribution < 1.29 is 19.2 Å². The molecule has 0 aromatic heterocycles. The molecule has 2 heterocycles. The first-order chi connectivity index (χ1) is 11.0. The summed E-state index contributed by atoms with van der Waals surface area (Å²) in [6, 6.07) is 4.38. The Labute approximate surface area is 140 Å². The summed E-state index contributed by atoms with van der Waals surface area (Å²) in [6.07, 6.45) is 1.76. The summed E-state index contributed by atoms with van der Waals surface area (Å²) in [4.78, 5) is 48.1. The van der Waals surface area contributed by atoms with Crippen molar-refractivity contribution in [3.8, 4) is 0 Å². The smallest absolute Gasteiger partial charge is 0.276 e. The molecular formula is C15H14BrN3O4. The second-order valence-electron chi connectivity index (χ2n) is 5.32. The number of alkyl halides is 1. The molecule has 0 saturated carbocycles. The van der Waals surface area contributed by atoms with Crippen LogP contribution in [0.5, 0.6) is 0 Å². The van der Waals surface area contributed by atoms with Crippen molar-refractivity contribution in [2.75, 3.05) is 11.9 Å². The van der Waals surface area contributed by atoms with Crippen LogP contribution in [0.1, 0.15) is 39.1 Å². The summed E-state index contributed by atoms with van der Waals surface area (Å²) in [5.41, 5.74) is 1.54. The Balaban J connectivity index is 1.88. The van der Waals surface area contributed by atoms with Crippen LogP contribution in [0.15, 0.2) is 18.2 Å². The van der Waals surface area contributed by atoms with Crippen LogP contribution in [-0.2, 0) is 11.2 Å². The first-order valence-electron chi connectivity index (χ1n) is 7.22. The van der Waals surface area contributed by atoms with Crippen molar-refractivity contribution in [2.24, 2.45) is 0 Å². The summed E-state index contributed by atoms with van der Waals surface area (Å²) in [7, 11) is 0. The number of aryl methyl sites for hydroxylation is 1. The SMILES string of the molecule is O=C1CCN(N2C(=O)c3ccc(CCCBr)cc3C2=O)C(=O)N1.